The number of nitrogens with one attached hydrogen (secondary N) is 1. The molecule has 5 heteroatoms. The molecule has 118 valence electrons. The number of hydrogen-bond donors (Lipinski definition) is 2. The van der Waals surface area contributed by atoms with Crippen molar-refractivity contribution in [3.63, 3.8) is 0 Å². The summed E-state index contributed by atoms with van der Waals surface area (Å²) in [6.45, 7) is 5.81. The normalized spacial score (nSPS) is 13.9. The van der Waals surface area contributed by atoms with E-state index in [9.17, 15) is 9.90 Å². The topological polar surface area (TPSA) is 54.3 Å². The van der Waals surface area contributed by atoms with Crippen LogP contribution >= 0.6 is 11.6 Å². The molecule has 22 heavy (non-hydrogen) atoms. The number of benzene rings is 1. The lowest BCUT2D eigenvalue weighted by molar-refractivity contribution is 0.0842. The highest BCUT2D eigenvalue weighted by Gasteiger charge is 2.21. The molecule has 0 aliphatic rings. The minimum absolute atomic E-state index is 0.195. The molecule has 1 amide bonds. The maximum absolute atomic E-state index is 12.4. The number of amides is 1. The summed E-state index contributed by atoms with van der Waals surface area (Å²) in [5.41, 5.74) is 1.31. The van der Waals surface area contributed by atoms with E-state index in [0.29, 0.717) is 10.7 Å². The van der Waals surface area contributed by atoms with E-state index < -0.39 is 12.1 Å². The third-order valence-corrected chi connectivity index (χ3v) is 3.86. The summed E-state index contributed by atoms with van der Waals surface area (Å²) >= 11 is 5.84. The van der Waals surface area contributed by atoms with Crippen LogP contribution in [0, 0.1) is 0 Å². The first-order chi connectivity index (χ1) is 10.4. The van der Waals surface area contributed by atoms with Crippen LogP contribution in [-0.4, -0.2) is 21.6 Å². The van der Waals surface area contributed by atoms with Gasteiger partial charge in [-0.25, -0.2) is 0 Å². The molecule has 0 bridgehead atoms. The van der Waals surface area contributed by atoms with Gasteiger partial charge in [0, 0.05) is 17.3 Å². The first-order valence-electron chi connectivity index (χ1n) is 7.31. The van der Waals surface area contributed by atoms with Crippen molar-refractivity contribution < 1.29 is 9.90 Å². The maximum Gasteiger partial charge on any atom is 0.268 e. The summed E-state index contributed by atoms with van der Waals surface area (Å²) < 4.78 is 1.90. The third-order valence-electron chi connectivity index (χ3n) is 3.61. The first-order valence-corrected chi connectivity index (χ1v) is 7.69. The molecule has 2 N–H and O–H groups in total. The standard InChI is InChI=1S/C17H21ClN2O2/c1-11(2)20-10-4-5-15(20)17(22)19-12(3)16(21)13-6-8-14(18)9-7-13/h4-12,16,21H,1-3H3,(H,19,22). The quantitative estimate of drug-likeness (QED) is 0.884. The van der Waals surface area contributed by atoms with Gasteiger partial charge in [-0.1, -0.05) is 23.7 Å². The Hall–Kier alpha value is -1.78. The largest absolute Gasteiger partial charge is 0.386 e. The molecular weight excluding hydrogens is 300 g/mol. The highest BCUT2D eigenvalue weighted by molar-refractivity contribution is 6.30. The summed E-state index contributed by atoms with van der Waals surface area (Å²) in [6.07, 6.45) is 1.09. The molecule has 2 unspecified atom stereocenters. The summed E-state index contributed by atoms with van der Waals surface area (Å²) in [7, 11) is 0. The highest BCUT2D eigenvalue weighted by atomic mass is 35.5. The number of carbonyl (C=O) groups excluding carboxylic acids is 1. The lowest BCUT2D eigenvalue weighted by Crippen LogP contribution is -2.38. The van der Waals surface area contributed by atoms with E-state index in [0.717, 1.165) is 5.56 Å². The van der Waals surface area contributed by atoms with Crippen LogP contribution in [0.25, 0.3) is 0 Å². The Labute approximate surface area is 135 Å². The Balaban J connectivity index is 2.07. The Morgan fingerprint density at radius 2 is 1.82 bits per heavy atom. The van der Waals surface area contributed by atoms with Crippen molar-refractivity contribution in [3.05, 3.63) is 58.9 Å². The molecule has 1 heterocycles. The number of carbonyl (C=O) groups is 1. The maximum atomic E-state index is 12.4. The van der Waals surface area contributed by atoms with Crippen LogP contribution in [0.5, 0.6) is 0 Å². The molecule has 1 aromatic heterocycles. The van der Waals surface area contributed by atoms with Crippen molar-refractivity contribution in [2.24, 2.45) is 0 Å². The van der Waals surface area contributed by atoms with E-state index in [2.05, 4.69) is 5.32 Å². The fourth-order valence-electron chi connectivity index (χ4n) is 2.34. The first kappa shape index (κ1) is 16.6. The Bertz CT molecular complexity index is 634. The summed E-state index contributed by atoms with van der Waals surface area (Å²) in [5.74, 6) is -0.195. The minimum Gasteiger partial charge on any atom is -0.386 e. The number of aliphatic hydroxyl groups excluding tert-OH is 1. The number of halogens is 1. The highest BCUT2D eigenvalue weighted by Crippen LogP contribution is 2.20. The van der Waals surface area contributed by atoms with Gasteiger partial charge in [0.2, 0.25) is 0 Å². The second-order valence-corrected chi connectivity index (χ2v) is 6.09. The fraction of sp³-hybridized carbons (Fsp3) is 0.353. The summed E-state index contributed by atoms with van der Waals surface area (Å²) in [4.78, 5) is 12.4. The molecular formula is C17H21ClN2O2. The van der Waals surface area contributed by atoms with Gasteiger partial charge in [0.15, 0.2) is 0 Å². The SMILES string of the molecule is CC(NC(=O)c1cccn1C(C)C)C(O)c1ccc(Cl)cc1. The zero-order valence-corrected chi connectivity index (χ0v) is 13.7. The van der Waals surface area contributed by atoms with Gasteiger partial charge in [0.05, 0.1) is 12.1 Å². The zero-order valence-electron chi connectivity index (χ0n) is 13.0. The molecule has 0 aliphatic heterocycles. The van der Waals surface area contributed by atoms with Crippen LogP contribution < -0.4 is 5.32 Å². The van der Waals surface area contributed by atoms with Gasteiger partial charge in [-0.2, -0.15) is 0 Å². The second-order valence-electron chi connectivity index (χ2n) is 5.65. The predicted octanol–water partition coefficient (Wildman–Crippen LogP) is 3.57. The van der Waals surface area contributed by atoms with Crippen LogP contribution in [-0.2, 0) is 0 Å². The van der Waals surface area contributed by atoms with E-state index in [-0.39, 0.29) is 11.9 Å². The van der Waals surface area contributed by atoms with Gasteiger partial charge in [-0.3, -0.25) is 4.79 Å². The molecule has 2 rings (SSSR count). The lowest BCUT2D eigenvalue weighted by atomic mass is 10.0. The van der Waals surface area contributed by atoms with Crippen molar-refractivity contribution >= 4 is 17.5 Å². The molecule has 0 spiro atoms. The zero-order chi connectivity index (χ0) is 16.3. The van der Waals surface area contributed by atoms with Crippen LogP contribution in [0.3, 0.4) is 0 Å². The van der Waals surface area contributed by atoms with E-state index in [4.69, 9.17) is 11.6 Å². The molecule has 2 aromatic rings. The van der Waals surface area contributed by atoms with Crippen molar-refractivity contribution in [3.8, 4) is 0 Å². The number of hydrogen-bond acceptors (Lipinski definition) is 2. The average Bonchev–Trinajstić information content (AvgIpc) is 2.97. The fourth-order valence-corrected chi connectivity index (χ4v) is 2.47. The van der Waals surface area contributed by atoms with Crippen molar-refractivity contribution in [1.29, 1.82) is 0 Å². The average molecular weight is 321 g/mol. The van der Waals surface area contributed by atoms with Gasteiger partial charge >= 0.3 is 0 Å². The minimum atomic E-state index is -0.788. The van der Waals surface area contributed by atoms with Crippen LogP contribution in [0.4, 0.5) is 0 Å². The Kier molecular flexibility index (Phi) is 5.27. The van der Waals surface area contributed by atoms with Gasteiger partial charge in [0.25, 0.3) is 5.91 Å². The van der Waals surface area contributed by atoms with Crippen molar-refractivity contribution in [2.75, 3.05) is 0 Å². The number of aromatic nitrogens is 1. The molecule has 1 aromatic carbocycles. The Morgan fingerprint density at radius 1 is 1.18 bits per heavy atom. The lowest BCUT2D eigenvalue weighted by Gasteiger charge is -2.21. The van der Waals surface area contributed by atoms with Gasteiger partial charge in [0.1, 0.15) is 5.69 Å². The van der Waals surface area contributed by atoms with E-state index in [1.165, 1.54) is 0 Å². The summed E-state index contributed by atoms with van der Waals surface area (Å²) in [6, 6.07) is 10.4. The van der Waals surface area contributed by atoms with E-state index in [1.54, 1.807) is 37.3 Å². The number of nitrogens with zero attached hydrogens (tertiary/aromatic N) is 1. The summed E-state index contributed by atoms with van der Waals surface area (Å²) in [5, 5.41) is 13.8. The molecule has 4 nitrogen and oxygen atoms in total. The predicted molar refractivity (Wildman–Crippen MR) is 88.2 cm³/mol. The van der Waals surface area contributed by atoms with E-state index in [1.807, 2.05) is 30.7 Å². The Morgan fingerprint density at radius 3 is 2.41 bits per heavy atom. The van der Waals surface area contributed by atoms with Crippen LogP contribution in [0.2, 0.25) is 5.02 Å². The molecule has 2 atom stereocenters. The van der Waals surface area contributed by atoms with E-state index >= 15 is 0 Å². The van der Waals surface area contributed by atoms with Crippen molar-refractivity contribution in [2.45, 2.75) is 39.0 Å². The molecule has 0 radical (unpaired) electrons. The van der Waals surface area contributed by atoms with Gasteiger partial charge in [-0.05, 0) is 50.6 Å². The monoisotopic (exact) mass is 320 g/mol. The van der Waals surface area contributed by atoms with Crippen LogP contribution in [0.1, 0.15) is 49.0 Å². The van der Waals surface area contributed by atoms with Gasteiger partial charge < -0.3 is 15.0 Å². The number of rotatable bonds is 5. The van der Waals surface area contributed by atoms with Crippen molar-refractivity contribution in [1.82, 2.24) is 9.88 Å². The second kappa shape index (κ2) is 6.99. The molecule has 0 saturated heterocycles. The number of aliphatic hydroxyl groups is 1. The van der Waals surface area contributed by atoms with Crippen LogP contribution in [0.15, 0.2) is 42.6 Å². The molecule has 0 saturated carbocycles. The van der Waals surface area contributed by atoms with Gasteiger partial charge in [-0.15, -0.1) is 0 Å². The smallest absolute Gasteiger partial charge is 0.268 e. The third kappa shape index (κ3) is 3.70. The molecule has 0 aliphatic carbocycles. The molecule has 0 fully saturated rings.